The summed E-state index contributed by atoms with van der Waals surface area (Å²) >= 11 is 0. The Labute approximate surface area is 166 Å². The second-order valence-corrected chi connectivity index (χ2v) is 6.57. The van der Waals surface area contributed by atoms with Crippen molar-refractivity contribution in [3.8, 4) is 5.75 Å². The lowest BCUT2D eigenvalue weighted by atomic mass is 10.1. The van der Waals surface area contributed by atoms with Crippen molar-refractivity contribution in [2.75, 3.05) is 25.0 Å². The Bertz CT molecular complexity index is 833. The summed E-state index contributed by atoms with van der Waals surface area (Å²) in [5, 5.41) is 6.06. The first-order chi connectivity index (χ1) is 13.8. The number of carbonyl (C=O) groups is 1. The molecule has 144 valence electrons. The van der Waals surface area contributed by atoms with Gasteiger partial charge in [0.05, 0.1) is 13.2 Å². The highest BCUT2D eigenvalue weighted by molar-refractivity contribution is 5.92. The molecule has 0 spiro atoms. The molecule has 0 bridgehead atoms. The van der Waals surface area contributed by atoms with Crippen LogP contribution in [0.3, 0.4) is 0 Å². The SMILES string of the molecule is O=C(CNCCc1ccccc1)Nc1ccc(OCCc2ccccc2)cc1. The Balaban J connectivity index is 1.33. The van der Waals surface area contributed by atoms with Crippen molar-refractivity contribution in [3.05, 3.63) is 96.1 Å². The van der Waals surface area contributed by atoms with Gasteiger partial charge in [0.15, 0.2) is 0 Å². The average molecular weight is 374 g/mol. The van der Waals surface area contributed by atoms with Gasteiger partial charge in [-0.1, -0.05) is 60.7 Å². The fraction of sp³-hybridized carbons (Fsp3) is 0.208. The molecule has 0 unspecified atom stereocenters. The standard InChI is InChI=1S/C24H26N2O2/c27-24(19-25-17-15-20-7-3-1-4-8-20)26-22-11-13-23(14-12-22)28-18-16-21-9-5-2-6-10-21/h1-14,25H,15-19H2,(H,26,27). The summed E-state index contributed by atoms with van der Waals surface area (Å²) < 4.78 is 5.77. The third kappa shape index (κ3) is 6.89. The molecule has 0 saturated heterocycles. The number of ether oxygens (including phenoxy) is 1. The van der Waals surface area contributed by atoms with Gasteiger partial charge in [-0.3, -0.25) is 4.79 Å². The number of hydrogen-bond acceptors (Lipinski definition) is 3. The molecule has 2 N–H and O–H groups in total. The predicted molar refractivity (Wildman–Crippen MR) is 114 cm³/mol. The van der Waals surface area contributed by atoms with Gasteiger partial charge in [-0.25, -0.2) is 0 Å². The van der Waals surface area contributed by atoms with Gasteiger partial charge in [0.2, 0.25) is 5.91 Å². The third-order valence-corrected chi connectivity index (χ3v) is 4.36. The van der Waals surface area contributed by atoms with E-state index < -0.39 is 0 Å². The van der Waals surface area contributed by atoms with Crippen molar-refractivity contribution in [2.45, 2.75) is 12.8 Å². The van der Waals surface area contributed by atoms with Crippen molar-refractivity contribution in [2.24, 2.45) is 0 Å². The van der Waals surface area contributed by atoms with E-state index in [0.717, 1.165) is 30.8 Å². The van der Waals surface area contributed by atoms with Gasteiger partial charge in [0, 0.05) is 12.1 Å². The lowest BCUT2D eigenvalue weighted by Crippen LogP contribution is -2.29. The van der Waals surface area contributed by atoms with Gasteiger partial charge in [0.25, 0.3) is 0 Å². The van der Waals surface area contributed by atoms with E-state index in [1.165, 1.54) is 11.1 Å². The van der Waals surface area contributed by atoms with E-state index in [2.05, 4.69) is 34.9 Å². The zero-order valence-electron chi connectivity index (χ0n) is 15.9. The number of nitrogens with one attached hydrogen (secondary N) is 2. The Kier molecular flexibility index (Phi) is 7.65. The molecule has 0 aliphatic rings. The Morgan fingerprint density at radius 1 is 0.750 bits per heavy atom. The molecule has 0 atom stereocenters. The van der Waals surface area contributed by atoms with Crippen LogP contribution in [0, 0.1) is 0 Å². The zero-order chi connectivity index (χ0) is 19.4. The molecule has 4 heteroatoms. The molecular weight excluding hydrogens is 348 g/mol. The maximum atomic E-state index is 12.0. The van der Waals surface area contributed by atoms with E-state index in [4.69, 9.17) is 4.74 Å². The predicted octanol–water partition coefficient (Wildman–Crippen LogP) is 4.08. The number of hydrogen-bond donors (Lipinski definition) is 2. The van der Waals surface area contributed by atoms with Crippen LogP contribution >= 0.6 is 0 Å². The number of carbonyl (C=O) groups excluding carboxylic acids is 1. The van der Waals surface area contributed by atoms with Gasteiger partial charge in [-0.05, 0) is 48.4 Å². The lowest BCUT2D eigenvalue weighted by Gasteiger charge is -2.09. The zero-order valence-corrected chi connectivity index (χ0v) is 15.9. The lowest BCUT2D eigenvalue weighted by molar-refractivity contribution is -0.115. The van der Waals surface area contributed by atoms with Gasteiger partial charge in [-0.15, -0.1) is 0 Å². The van der Waals surface area contributed by atoms with E-state index in [0.29, 0.717) is 13.2 Å². The molecule has 0 fully saturated rings. The molecule has 0 aromatic heterocycles. The second kappa shape index (κ2) is 10.9. The molecule has 0 aliphatic heterocycles. The molecule has 1 amide bonds. The van der Waals surface area contributed by atoms with Crippen molar-refractivity contribution in [1.82, 2.24) is 5.32 Å². The quantitative estimate of drug-likeness (QED) is 0.526. The smallest absolute Gasteiger partial charge is 0.238 e. The summed E-state index contributed by atoms with van der Waals surface area (Å²) in [6.45, 7) is 1.69. The van der Waals surface area contributed by atoms with Gasteiger partial charge < -0.3 is 15.4 Å². The third-order valence-electron chi connectivity index (χ3n) is 4.36. The fourth-order valence-electron chi connectivity index (χ4n) is 2.85. The first kappa shape index (κ1) is 19.6. The monoisotopic (exact) mass is 374 g/mol. The van der Waals surface area contributed by atoms with Crippen molar-refractivity contribution in [1.29, 1.82) is 0 Å². The fourth-order valence-corrected chi connectivity index (χ4v) is 2.85. The Morgan fingerprint density at radius 2 is 1.36 bits per heavy atom. The minimum Gasteiger partial charge on any atom is -0.493 e. The van der Waals surface area contributed by atoms with E-state index in [1.807, 2.05) is 60.7 Å². The second-order valence-electron chi connectivity index (χ2n) is 6.57. The van der Waals surface area contributed by atoms with Crippen LogP contribution in [0.15, 0.2) is 84.9 Å². The Hall–Kier alpha value is -3.11. The molecule has 0 radical (unpaired) electrons. The summed E-state index contributed by atoms with van der Waals surface area (Å²) in [7, 11) is 0. The van der Waals surface area contributed by atoms with E-state index in [1.54, 1.807) is 0 Å². The van der Waals surface area contributed by atoms with Crippen molar-refractivity contribution < 1.29 is 9.53 Å². The highest BCUT2D eigenvalue weighted by Gasteiger charge is 2.03. The van der Waals surface area contributed by atoms with Crippen LogP contribution in [0.4, 0.5) is 5.69 Å². The molecule has 28 heavy (non-hydrogen) atoms. The highest BCUT2D eigenvalue weighted by Crippen LogP contribution is 2.16. The molecule has 3 aromatic carbocycles. The summed E-state index contributed by atoms with van der Waals surface area (Å²) in [5.41, 5.74) is 3.29. The van der Waals surface area contributed by atoms with Crippen molar-refractivity contribution >= 4 is 11.6 Å². The summed E-state index contributed by atoms with van der Waals surface area (Å²) in [4.78, 5) is 12.0. The maximum absolute atomic E-state index is 12.0. The summed E-state index contributed by atoms with van der Waals surface area (Å²) in [6.07, 6.45) is 1.77. The molecule has 0 heterocycles. The summed E-state index contributed by atoms with van der Waals surface area (Å²) in [5.74, 6) is 0.751. The number of benzene rings is 3. The van der Waals surface area contributed by atoms with Crippen molar-refractivity contribution in [3.63, 3.8) is 0 Å². The molecule has 3 aromatic rings. The molecule has 0 saturated carbocycles. The average Bonchev–Trinajstić information content (AvgIpc) is 2.74. The van der Waals surface area contributed by atoms with Crippen LogP contribution < -0.4 is 15.4 Å². The van der Waals surface area contributed by atoms with Crippen LogP contribution in [0.25, 0.3) is 0 Å². The largest absolute Gasteiger partial charge is 0.493 e. The molecule has 3 rings (SSSR count). The molecule has 0 aliphatic carbocycles. The van der Waals surface area contributed by atoms with Crippen LogP contribution in [0.2, 0.25) is 0 Å². The minimum absolute atomic E-state index is 0.0502. The molecular formula is C24H26N2O2. The number of rotatable bonds is 10. The maximum Gasteiger partial charge on any atom is 0.238 e. The first-order valence-corrected chi connectivity index (χ1v) is 9.61. The van der Waals surface area contributed by atoms with Crippen LogP contribution in [-0.2, 0) is 17.6 Å². The highest BCUT2D eigenvalue weighted by atomic mass is 16.5. The summed E-state index contributed by atoms with van der Waals surface area (Å²) in [6, 6.07) is 28.0. The topological polar surface area (TPSA) is 50.4 Å². The van der Waals surface area contributed by atoms with Crippen LogP contribution in [-0.4, -0.2) is 25.6 Å². The number of anilines is 1. The normalized spacial score (nSPS) is 10.4. The van der Waals surface area contributed by atoms with Crippen LogP contribution in [0.5, 0.6) is 5.75 Å². The van der Waals surface area contributed by atoms with E-state index in [-0.39, 0.29) is 5.91 Å². The van der Waals surface area contributed by atoms with E-state index in [9.17, 15) is 4.79 Å². The first-order valence-electron chi connectivity index (χ1n) is 9.61. The van der Waals surface area contributed by atoms with Gasteiger partial charge in [-0.2, -0.15) is 0 Å². The number of amides is 1. The van der Waals surface area contributed by atoms with Gasteiger partial charge >= 0.3 is 0 Å². The minimum atomic E-state index is -0.0502. The van der Waals surface area contributed by atoms with Gasteiger partial charge in [0.1, 0.15) is 5.75 Å². The Morgan fingerprint density at radius 3 is 2.00 bits per heavy atom. The van der Waals surface area contributed by atoms with Crippen LogP contribution in [0.1, 0.15) is 11.1 Å². The molecule has 4 nitrogen and oxygen atoms in total. The van der Waals surface area contributed by atoms with E-state index >= 15 is 0 Å².